The molecule has 1 saturated heterocycles. The van der Waals surface area contributed by atoms with Gasteiger partial charge in [-0.2, -0.15) is 0 Å². The van der Waals surface area contributed by atoms with Gasteiger partial charge in [0.1, 0.15) is 0 Å². The first kappa shape index (κ1) is 2.40. The Morgan fingerprint density at radius 3 is 3.64 bits per heavy atom. The normalized spacial score (nSPS) is 58.6. The standard InChI is InChI=1S/C11H15BrN2/c1-9-4-2-3-7-14(9)11-5-6-13-8-10(11)12/h5-6,8-9H,2-4,7H2,1H3/i1D3,2D2,3D2,4D2,5D,6D,7D2,8D,9D. The Balaban J connectivity index is 3.14. The average molecular weight is 270 g/mol. The first-order chi connectivity index (χ1) is 12.6. The van der Waals surface area contributed by atoms with E-state index >= 15 is 0 Å². The number of nitrogens with zero attached hydrogens (tertiary/aromatic N) is 2. The minimum absolute atomic E-state index is 0.196. The molecule has 1 aromatic heterocycles. The number of pyridine rings is 1. The van der Waals surface area contributed by atoms with E-state index < -0.39 is 67.0 Å². The Kier molecular flexibility index (Phi) is 0.736. The topological polar surface area (TPSA) is 16.1 Å². The number of rotatable bonds is 1. The summed E-state index contributed by atoms with van der Waals surface area (Å²) in [6.07, 6.45) is -13.1. The highest BCUT2D eigenvalue weighted by Gasteiger charge is 2.19. The Morgan fingerprint density at radius 1 is 1.86 bits per heavy atom. The smallest absolute Gasteiger partial charge is 0.0853 e. The summed E-state index contributed by atoms with van der Waals surface area (Å²) in [4.78, 5) is 3.18. The van der Waals surface area contributed by atoms with Gasteiger partial charge in [-0.3, -0.25) is 4.98 Å². The zero-order chi connectivity index (χ0) is 23.2. The monoisotopic (exact) mass is 269 g/mol. The first-order valence-electron chi connectivity index (χ1n) is 11.1. The molecular formula is C11H15BrN2. The van der Waals surface area contributed by atoms with Crippen molar-refractivity contribution in [2.24, 2.45) is 0 Å². The Morgan fingerprint density at radius 2 is 2.79 bits per heavy atom. The van der Waals surface area contributed by atoms with Crippen molar-refractivity contribution in [2.45, 2.75) is 32.0 Å². The van der Waals surface area contributed by atoms with Gasteiger partial charge in [-0.15, -0.1) is 0 Å². The van der Waals surface area contributed by atoms with Crippen molar-refractivity contribution < 1.29 is 20.6 Å². The molecule has 2 heterocycles. The number of hydrogen-bond donors (Lipinski definition) is 0. The van der Waals surface area contributed by atoms with Crippen molar-refractivity contribution >= 4 is 21.6 Å². The molecule has 76 valence electrons. The van der Waals surface area contributed by atoms with Gasteiger partial charge in [-0.1, -0.05) is 0 Å². The maximum absolute atomic E-state index is 8.49. The van der Waals surface area contributed by atoms with E-state index in [-0.39, 0.29) is 4.90 Å². The number of halogens is 1. The van der Waals surface area contributed by atoms with E-state index in [0.717, 1.165) is 0 Å². The van der Waals surface area contributed by atoms with E-state index in [1.807, 2.05) is 0 Å². The highest BCUT2D eigenvalue weighted by molar-refractivity contribution is 9.10. The van der Waals surface area contributed by atoms with Gasteiger partial charge in [0.2, 0.25) is 0 Å². The molecule has 0 aliphatic carbocycles. The molecule has 3 heteroatoms. The lowest BCUT2D eigenvalue weighted by Crippen LogP contribution is -2.37. The summed E-state index contributed by atoms with van der Waals surface area (Å²) in [5.74, 6) is 0. The fourth-order valence-electron chi connectivity index (χ4n) is 0.874. The highest BCUT2D eigenvalue weighted by atomic mass is 79.9. The molecule has 2 nitrogen and oxygen atoms in total. The summed E-state index contributed by atoms with van der Waals surface area (Å²) in [6.45, 7) is -7.45. The van der Waals surface area contributed by atoms with Crippen LogP contribution in [-0.2, 0) is 0 Å². The van der Waals surface area contributed by atoms with Crippen LogP contribution >= 0.6 is 15.9 Å². The molecule has 14 heavy (non-hydrogen) atoms. The summed E-state index contributed by atoms with van der Waals surface area (Å²) in [6, 6.07) is -4.79. The Hall–Kier alpha value is -0.570. The van der Waals surface area contributed by atoms with Crippen LogP contribution in [0, 0.1) is 0 Å². The number of aromatic nitrogens is 1. The molecule has 1 aliphatic heterocycles. The Labute approximate surface area is 115 Å². The van der Waals surface area contributed by atoms with Crippen LogP contribution in [0.25, 0.3) is 0 Å². The minimum Gasteiger partial charge on any atom is -0.368 e. The fourth-order valence-corrected chi connectivity index (χ4v) is 1.24. The summed E-state index contributed by atoms with van der Waals surface area (Å²) in [5.41, 5.74) is -0.964. The van der Waals surface area contributed by atoms with Crippen molar-refractivity contribution in [1.29, 1.82) is 0 Å². The zero-order valence-electron chi connectivity index (χ0n) is 21.8. The van der Waals surface area contributed by atoms with Crippen LogP contribution in [0.15, 0.2) is 22.9 Å². The molecule has 1 unspecified atom stereocenters. The molecular weight excluding hydrogens is 240 g/mol. The van der Waals surface area contributed by atoms with Crippen LogP contribution in [0.1, 0.15) is 46.5 Å². The third-order valence-electron chi connectivity index (χ3n) is 1.45. The van der Waals surface area contributed by atoms with Crippen molar-refractivity contribution in [2.75, 3.05) is 11.4 Å². The molecule has 1 aromatic rings. The molecule has 1 atom stereocenters. The van der Waals surface area contributed by atoms with E-state index in [0.29, 0.717) is 0 Å². The lowest BCUT2D eigenvalue weighted by molar-refractivity contribution is 0.484. The van der Waals surface area contributed by atoms with Gasteiger partial charge in [0.15, 0.2) is 0 Å². The zero-order valence-corrected chi connectivity index (χ0v) is 8.36. The largest absolute Gasteiger partial charge is 0.368 e. The summed E-state index contributed by atoms with van der Waals surface area (Å²) >= 11 is 2.81. The molecule has 2 rings (SSSR count). The predicted octanol–water partition coefficient (Wildman–Crippen LogP) is 3.22. The van der Waals surface area contributed by atoms with E-state index in [4.69, 9.17) is 20.6 Å². The van der Waals surface area contributed by atoms with E-state index in [1.165, 1.54) is 0 Å². The van der Waals surface area contributed by atoms with Crippen molar-refractivity contribution in [3.8, 4) is 0 Å². The molecule has 0 radical (unpaired) electrons. The quantitative estimate of drug-likeness (QED) is 0.779. The first-order valence-corrected chi connectivity index (χ1v) is 4.35. The van der Waals surface area contributed by atoms with Gasteiger partial charge in [-0.05, 0) is 47.9 Å². The van der Waals surface area contributed by atoms with Gasteiger partial charge >= 0.3 is 0 Å². The molecule has 0 N–H and O–H groups in total. The van der Waals surface area contributed by atoms with Crippen LogP contribution in [0.3, 0.4) is 0 Å². The molecule has 0 spiro atoms. The van der Waals surface area contributed by atoms with Crippen LogP contribution in [0.5, 0.6) is 0 Å². The fraction of sp³-hybridized carbons (Fsp3) is 0.545. The number of piperidine rings is 1. The molecule has 0 amide bonds. The van der Waals surface area contributed by atoms with Crippen LogP contribution in [-0.4, -0.2) is 17.5 Å². The van der Waals surface area contributed by atoms with E-state index in [1.54, 1.807) is 0 Å². The average Bonchev–Trinajstić information content (AvgIpc) is 2.53. The molecule has 1 fully saturated rings. The predicted molar refractivity (Wildman–Crippen MR) is 62.6 cm³/mol. The molecule has 0 bridgehead atoms. The minimum atomic E-state index is -3.85. The molecule has 1 aliphatic rings. The van der Waals surface area contributed by atoms with Crippen molar-refractivity contribution in [3.05, 3.63) is 22.9 Å². The second-order valence-corrected chi connectivity index (χ2v) is 3.09. The van der Waals surface area contributed by atoms with Gasteiger partial charge < -0.3 is 4.90 Å². The summed E-state index contributed by atoms with van der Waals surface area (Å²) in [7, 11) is 0. The number of hydrogen-bond acceptors (Lipinski definition) is 2. The van der Waals surface area contributed by atoms with E-state index in [9.17, 15) is 0 Å². The highest BCUT2D eigenvalue weighted by Crippen LogP contribution is 2.30. The molecule has 0 saturated carbocycles. The van der Waals surface area contributed by atoms with Crippen LogP contribution < -0.4 is 4.90 Å². The van der Waals surface area contributed by atoms with Crippen molar-refractivity contribution in [3.63, 3.8) is 0 Å². The third kappa shape index (κ3) is 1.92. The third-order valence-corrected chi connectivity index (χ3v) is 2.00. The lowest BCUT2D eigenvalue weighted by atomic mass is 10.0. The van der Waals surface area contributed by atoms with Gasteiger partial charge in [-0.25, -0.2) is 0 Å². The summed E-state index contributed by atoms with van der Waals surface area (Å²) < 4.78 is 119. The summed E-state index contributed by atoms with van der Waals surface area (Å²) in [5, 5.41) is 0. The van der Waals surface area contributed by atoms with Crippen LogP contribution in [0.2, 0.25) is 0 Å². The number of anilines is 1. The maximum Gasteiger partial charge on any atom is 0.0853 e. The van der Waals surface area contributed by atoms with Gasteiger partial charge in [0.25, 0.3) is 0 Å². The van der Waals surface area contributed by atoms with Crippen molar-refractivity contribution in [1.82, 2.24) is 4.98 Å². The maximum atomic E-state index is 8.49. The van der Waals surface area contributed by atoms with Gasteiger partial charge in [0.05, 0.1) is 15.6 Å². The SMILES string of the molecule is [2H]c1nc([2H])c(Br)c(N2C([2H])([2H])C([2H])([2H])C([2H])([2H])C([2H])([2H])C2([2H])C([2H])([2H])[2H])c1[2H]. The van der Waals surface area contributed by atoms with Gasteiger partial charge in [0, 0.05) is 39.9 Å². The van der Waals surface area contributed by atoms with Crippen LogP contribution in [0.4, 0.5) is 5.69 Å². The Bertz CT molecular complexity index is 823. The van der Waals surface area contributed by atoms with E-state index in [2.05, 4.69) is 20.9 Å². The lowest BCUT2D eigenvalue weighted by Gasteiger charge is -2.35. The second kappa shape index (κ2) is 4.30. The molecule has 0 aromatic carbocycles. The second-order valence-electron chi connectivity index (χ2n) is 2.29.